The summed E-state index contributed by atoms with van der Waals surface area (Å²) in [6, 6.07) is 7.35. The highest BCUT2D eigenvalue weighted by molar-refractivity contribution is 5.94. The monoisotopic (exact) mass is 305 g/mol. The molecule has 0 unspecified atom stereocenters. The van der Waals surface area contributed by atoms with Crippen LogP contribution in [0.2, 0.25) is 0 Å². The molecule has 0 fully saturated rings. The molecule has 0 saturated heterocycles. The molecular weight excluding hydrogens is 274 g/mol. The molecule has 1 N–H and O–H groups in total. The van der Waals surface area contributed by atoms with Crippen molar-refractivity contribution in [3.8, 4) is 5.75 Å². The zero-order valence-electron chi connectivity index (χ0n) is 14.2. The third-order valence-corrected chi connectivity index (χ3v) is 3.72. The van der Waals surface area contributed by atoms with Gasteiger partial charge >= 0.3 is 0 Å². The van der Waals surface area contributed by atoms with E-state index in [0.717, 1.165) is 18.7 Å². The van der Waals surface area contributed by atoms with Crippen LogP contribution in [0.3, 0.4) is 0 Å². The highest BCUT2D eigenvalue weighted by Crippen LogP contribution is 2.13. The van der Waals surface area contributed by atoms with Crippen molar-refractivity contribution in [3.63, 3.8) is 0 Å². The van der Waals surface area contributed by atoms with Gasteiger partial charge in [0, 0.05) is 12.1 Å². The highest BCUT2D eigenvalue weighted by atomic mass is 16.5. The second kappa shape index (κ2) is 12.1. The Balaban J connectivity index is 2.12. The maximum atomic E-state index is 12.0. The van der Waals surface area contributed by atoms with Crippen molar-refractivity contribution >= 4 is 5.91 Å². The fraction of sp³-hybridized carbons (Fsp3) is 0.632. The fourth-order valence-electron chi connectivity index (χ4n) is 2.46. The van der Waals surface area contributed by atoms with Gasteiger partial charge in [0.1, 0.15) is 5.75 Å². The summed E-state index contributed by atoms with van der Waals surface area (Å²) < 4.78 is 5.41. The van der Waals surface area contributed by atoms with Crippen molar-refractivity contribution in [2.75, 3.05) is 13.2 Å². The molecule has 124 valence electrons. The molecule has 1 aromatic carbocycles. The third kappa shape index (κ3) is 8.06. The van der Waals surface area contributed by atoms with Gasteiger partial charge in [-0.1, -0.05) is 57.9 Å². The molecular formula is C19H31NO2. The summed E-state index contributed by atoms with van der Waals surface area (Å²) in [7, 11) is 0. The Labute approximate surface area is 135 Å². The van der Waals surface area contributed by atoms with Crippen LogP contribution in [0.4, 0.5) is 0 Å². The number of unbranched alkanes of at least 4 members (excludes halogenated alkanes) is 7. The average Bonchev–Trinajstić information content (AvgIpc) is 2.54. The van der Waals surface area contributed by atoms with E-state index in [-0.39, 0.29) is 5.91 Å². The van der Waals surface area contributed by atoms with Crippen molar-refractivity contribution in [1.82, 2.24) is 5.32 Å². The Morgan fingerprint density at radius 1 is 1.00 bits per heavy atom. The molecule has 0 aliphatic heterocycles. The largest absolute Gasteiger partial charge is 0.494 e. The first-order valence-corrected chi connectivity index (χ1v) is 8.79. The summed E-state index contributed by atoms with van der Waals surface area (Å²) in [4.78, 5) is 12.0. The first kappa shape index (κ1) is 18.5. The van der Waals surface area contributed by atoms with Crippen molar-refractivity contribution < 1.29 is 9.53 Å². The molecule has 3 heteroatoms. The van der Waals surface area contributed by atoms with Crippen molar-refractivity contribution in [2.24, 2.45) is 0 Å². The van der Waals surface area contributed by atoms with Crippen LogP contribution in [-0.4, -0.2) is 19.1 Å². The van der Waals surface area contributed by atoms with Gasteiger partial charge in [0.25, 0.3) is 5.91 Å². The number of rotatable bonds is 12. The normalized spacial score (nSPS) is 10.5. The van der Waals surface area contributed by atoms with E-state index < -0.39 is 0 Å². The zero-order chi connectivity index (χ0) is 16.0. The Bertz CT molecular complexity index is 418. The molecule has 0 bridgehead atoms. The predicted octanol–water partition coefficient (Wildman–Crippen LogP) is 4.96. The van der Waals surface area contributed by atoms with E-state index >= 15 is 0 Å². The molecule has 0 saturated carbocycles. The summed E-state index contributed by atoms with van der Waals surface area (Å²) in [6.45, 7) is 5.55. The molecule has 0 aromatic heterocycles. The first-order chi connectivity index (χ1) is 10.8. The van der Waals surface area contributed by atoms with Crippen LogP contribution in [0.25, 0.3) is 0 Å². The molecule has 0 atom stereocenters. The van der Waals surface area contributed by atoms with Gasteiger partial charge in [0.2, 0.25) is 0 Å². The molecule has 1 aromatic rings. The standard InChI is InChI=1S/C19H31NO2/c1-3-5-6-7-8-9-10-11-15-20-19(21)17-13-12-14-18(16-17)22-4-2/h12-14,16H,3-11,15H2,1-2H3,(H,20,21). The molecule has 0 heterocycles. The SMILES string of the molecule is CCCCCCCCCCNC(=O)c1cccc(OCC)c1. The van der Waals surface area contributed by atoms with Crippen molar-refractivity contribution in [3.05, 3.63) is 29.8 Å². The van der Waals surface area contributed by atoms with Crippen LogP contribution in [0.5, 0.6) is 5.75 Å². The van der Waals surface area contributed by atoms with Gasteiger partial charge in [0.05, 0.1) is 6.61 Å². The van der Waals surface area contributed by atoms with Gasteiger partial charge in [-0.25, -0.2) is 0 Å². The number of benzene rings is 1. The van der Waals surface area contributed by atoms with Gasteiger partial charge in [0.15, 0.2) is 0 Å². The number of amides is 1. The molecule has 0 radical (unpaired) electrons. The topological polar surface area (TPSA) is 38.3 Å². The second-order valence-corrected chi connectivity index (χ2v) is 5.69. The van der Waals surface area contributed by atoms with E-state index in [0.29, 0.717) is 12.2 Å². The van der Waals surface area contributed by atoms with Gasteiger partial charge in [-0.2, -0.15) is 0 Å². The Kier molecular flexibility index (Phi) is 10.2. The van der Waals surface area contributed by atoms with E-state index in [1.165, 1.54) is 44.9 Å². The predicted molar refractivity (Wildman–Crippen MR) is 92.6 cm³/mol. The summed E-state index contributed by atoms with van der Waals surface area (Å²) in [5, 5.41) is 2.98. The Morgan fingerprint density at radius 3 is 2.36 bits per heavy atom. The van der Waals surface area contributed by atoms with Crippen molar-refractivity contribution in [2.45, 2.75) is 65.2 Å². The maximum Gasteiger partial charge on any atom is 0.251 e. The van der Waals surface area contributed by atoms with E-state index in [1.807, 2.05) is 25.1 Å². The van der Waals surface area contributed by atoms with Gasteiger partial charge < -0.3 is 10.1 Å². The molecule has 0 aliphatic carbocycles. The lowest BCUT2D eigenvalue weighted by atomic mass is 10.1. The van der Waals surface area contributed by atoms with Crippen LogP contribution in [0, 0.1) is 0 Å². The van der Waals surface area contributed by atoms with Crippen LogP contribution < -0.4 is 10.1 Å². The number of hydrogen-bond acceptors (Lipinski definition) is 2. The molecule has 1 rings (SSSR count). The number of hydrogen-bond donors (Lipinski definition) is 1. The lowest BCUT2D eigenvalue weighted by molar-refractivity contribution is 0.0952. The molecule has 3 nitrogen and oxygen atoms in total. The summed E-state index contributed by atoms with van der Waals surface area (Å²) in [6.07, 6.45) is 10.2. The first-order valence-electron chi connectivity index (χ1n) is 8.79. The lowest BCUT2D eigenvalue weighted by Gasteiger charge is -2.07. The summed E-state index contributed by atoms with van der Waals surface area (Å²) in [5.74, 6) is 0.742. The Morgan fingerprint density at radius 2 is 1.68 bits per heavy atom. The molecule has 0 aliphatic rings. The zero-order valence-corrected chi connectivity index (χ0v) is 14.2. The second-order valence-electron chi connectivity index (χ2n) is 5.69. The molecule has 0 spiro atoms. The highest BCUT2D eigenvalue weighted by Gasteiger charge is 2.05. The fourth-order valence-corrected chi connectivity index (χ4v) is 2.46. The maximum absolute atomic E-state index is 12.0. The molecule has 1 amide bonds. The smallest absolute Gasteiger partial charge is 0.251 e. The lowest BCUT2D eigenvalue weighted by Crippen LogP contribution is -2.24. The number of ether oxygens (including phenoxy) is 1. The van der Waals surface area contributed by atoms with E-state index in [4.69, 9.17) is 4.74 Å². The Hall–Kier alpha value is -1.51. The van der Waals surface area contributed by atoms with E-state index in [1.54, 1.807) is 6.07 Å². The van der Waals surface area contributed by atoms with Gasteiger partial charge in [-0.05, 0) is 31.5 Å². The van der Waals surface area contributed by atoms with E-state index in [9.17, 15) is 4.79 Å². The third-order valence-electron chi connectivity index (χ3n) is 3.72. The number of carbonyl (C=O) groups excluding carboxylic acids is 1. The van der Waals surface area contributed by atoms with Crippen LogP contribution in [0.1, 0.15) is 75.6 Å². The number of carbonyl (C=O) groups is 1. The summed E-state index contributed by atoms with van der Waals surface area (Å²) in [5.41, 5.74) is 0.672. The van der Waals surface area contributed by atoms with Crippen LogP contribution >= 0.6 is 0 Å². The molecule has 22 heavy (non-hydrogen) atoms. The minimum Gasteiger partial charge on any atom is -0.494 e. The minimum atomic E-state index is -0.00972. The average molecular weight is 305 g/mol. The van der Waals surface area contributed by atoms with Crippen LogP contribution in [0.15, 0.2) is 24.3 Å². The quantitative estimate of drug-likeness (QED) is 0.554. The van der Waals surface area contributed by atoms with Gasteiger partial charge in [-0.3, -0.25) is 4.79 Å². The van der Waals surface area contributed by atoms with Gasteiger partial charge in [-0.15, -0.1) is 0 Å². The number of nitrogens with one attached hydrogen (secondary N) is 1. The minimum absolute atomic E-state index is 0.00972. The summed E-state index contributed by atoms with van der Waals surface area (Å²) >= 11 is 0. The van der Waals surface area contributed by atoms with Crippen LogP contribution in [-0.2, 0) is 0 Å². The van der Waals surface area contributed by atoms with E-state index in [2.05, 4.69) is 12.2 Å². The van der Waals surface area contributed by atoms with Crippen molar-refractivity contribution in [1.29, 1.82) is 0 Å².